The summed E-state index contributed by atoms with van der Waals surface area (Å²) in [6.45, 7) is 4.45. The maximum Gasteiger partial charge on any atom is 0.212 e. The number of carbonyl (C=O) groups is 2. The van der Waals surface area contributed by atoms with Crippen molar-refractivity contribution in [3.05, 3.63) is 97.2 Å². The first kappa shape index (κ1) is 47.2. The third-order valence-electron chi connectivity index (χ3n) is 9.76. The number of rotatable bonds is 32. The fourth-order valence-corrected chi connectivity index (χ4v) is 6.43. The molecule has 292 valence electrons. The van der Waals surface area contributed by atoms with Crippen LogP contribution >= 0.6 is 0 Å². The summed E-state index contributed by atoms with van der Waals surface area (Å²) in [5.74, 6) is -1.36. The van der Waals surface area contributed by atoms with Crippen LogP contribution in [0.1, 0.15) is 168 Å². The van der Waals surface area contributed by atoms with Crippen molar-refractivity contribution in [1.29, 1.82) is 0 Å². The number of ketones is 2. The second-order valence-corrected chi connectivity index (χ2v) is 14.2. The number of hydrogen-bond acceptors (Lipinski definition) is 5. The summed E-state index contributed by atoms with van der Waals surface area (Å²) in [6, 6.07) is 0. The summed E-state index contributed by atoms with van der Waals surface area (Å²) >= 11 is 0. The van der Waals surface area contributed by atoms with Crippen LogP contribution in [0.2, 0.25) is 0 Å². The molecule has 0 aromatic rings. The molecular formula is C47H74O5. The van der Waals surface area contributed by atoms with Gasteiger partial charge < -0.3 is 15.3 Å². The first-order valence-corrected chi connectivity index (χ1v) is 20.7. The van der Waals surface area contributed by atoms with Gasteiger partial charge in [0, 0.05) is 12.8 Å². The normalized spacial score (nSPS) is 17.4. The van der Waals surface area contributed by atoms with Crippen LogP contribution in [0.25, 0.3) is 0 Å². The van der Waals surface area contributed by atoms with Crippen molar-refractivity contribution in [2.24, 2.45) is 0 Å². The highest BCUT2D eigenvalue weighted by Gasteiger charge is 2.64. The Labute approximate surface area is 318 Å². The molecule has 0 aromatic carbocycles. The molecule has 0 amide bonds. The smallest absolute Gasteiger partial charge is 0.212 e. The monoisotopic (exact) mass is 719 g/mol. The van der Waals surface area contributed by atoms with E-state index in [1.807, 2.05) is 0 Å². The molecule has 2 unspecified atom stereocenters. The third kappa shape index (κ3) is 20.4. The van der Waals surface area contributed by atoms with Crippen LogP contribution < -0.4 is 0 Å². The van der Waals surface area contributed by atoms with Gasteiger partial charge in [0.1, 0.15) is 5.60 Å². The number of Topliss-reactive ketones (excluding diaryl/α,β-unsaturated/α-hetero) is 2. The largest absolute Gasteiger partial charge is 0.390 e. The number of hydrogen-bond donors (Lipinski definition) is 3. The van der Waals surface area contributed by atoms with Crippen molar-refractivity contribution < 1.29 is 24.9 Å². The van der Waals surface area contributed by atoms with Crippen molar-refractivity contribution in [2.45, 2.75) is 185 Å². The molecule has 1 saturated carbocycles. The lowest BCUT2D eigenvalue weighted by Crippen LogP contribution is -2.66. The molecule has 0 radical (unpaired) electrons. The molecule has 0 bridgehead atoms. The second kappa shape index (κ2) is 31.6. The van der Waals surface area contributed by atoms with Crippen molar-refractivity contribution in [2.75, 3.05) is 0 Å². The van der Waals surface area contributed by atoms with Gasteiger partial charge in [-0.3, -0.25) is 9.59 Å². The molecular weight excluding hydrogens is 645 g/mol. The number of carbonyl (C=O) groups excluding carboxylic acids is 2. The van der Waals surface area contributed by atoms with E-state index in [-0.39, 0.29) is 25.7 Å². The summed E-state index contributed by atoms with van der Waals surface area (Å²) in [5, 5.41) is 34.0. The quantitative estimate of drug-likeness (QED) is 0.0366. The average Bonchev–Trinajstić information content (AvgIpc) is 3.41. The van der Waals surface area contributed by atoms with Gasteiger partial charge in [-0.1, -0.05) is 150 Å². The molecule has 0 heterocycles. The molecule has 5 nitrogen and oxygen atoms in total. The van der Waals surface area contributed by atoms with Gasteiger partial charge in [0.05, 0.1) is 6.10 Å². The molecule has 1 rings (SSSR count). The van der Waals surface area contributed by atoms with E-state index in [2.05, 4.69) is 111 Å². The molecule has 0 spiro atoms. The minimum Gasteiger partial charge on any atom is -0.390 e. The van der Waals surface area contributed by atoms with Crippen molar-refractivity contribution in [3.8, 4) is 0 Å². The Morgan fingerprint density at radius 3 is 1.17 bits per heavy atom. The highest BCUT2D eigenvalue weighted by atomic mass is 16.4. The number of allylic oxidation sites excluding steroid dienone is 16. The van der Waals surface area contributed by atoms with Crippen LogP contribution in [-0.4, -0.2) is 44.2 Å². The molecule has 1 aliphatic carbocycles. The van der Waals surface area contributed by atoms with Gasteiger partial charge in [-0.15, -0.1) is 0 Å². The van der Waals surface area contributed by atoms with Crippen LogP contribution in [0.3, 0.4) is 0 Å². The lowest BCUT2D eigenvalue weighted by atomic mass is 9.71. The summed E-state index contributed by atoms with van der Waals surface area (Å²) < 4.78 is 0. The second-order valence-electron chi connectivity index (χ2n) is 14.2. The van der Waals surface area contributed by atoms with Crippen molar-refractivity contribution in [3.63, 3.8) is 0 Å². The number of unbranched alkanes of at least 4 members (excludes halogenated alkanes) is 10. The molecule has 52 heavy (non-hydrogen) atoms. The van der Waals surface area contributed by atoms with Crippen molar-refractivity contribution >= 4 is 11.6 Å². The Bertz CT molecular complexity index is 1150. The lowest BCUT2D eigenvalue weighted by Gasteiger charge is -2.42. The van der Waals surface area contributed by atoms with E-state index in [1.165, 1.54) is 51.4 Å². The maximum atomic E-state index is 12.7. The fourth-order valence-electron chi connectivity index (χ4n) is 6.43. The van der Waals surface area contributed by atoms with Crippen LogP contribution in [0.4, 0.5) is 0 Å². The summed E-state index contributed by atoms with van der Waals surface area (Å²) in [4.78, 5) is 25.4. The topological polar surface area (TPSA) is 94.8 Å². The highest BCUT2D eigenvalue weighted by Crippen LogP contribution is 2.40. The maximum absolute atomic E-state index is 12.7. The van der Waals surface area contributed by atoms with Crippen molar-refractivity contribution in [1.82, 2.24) is 0 Å². The van der Waals surface area contributed by atoms with Gasteiger partial charge >= 0.3 is 0 Å². The zero-order chi connectivity index (χ0) is 38.0. The van der Waals surface area contributed by atoms with Gasteiger partial charge in [0.15, 0.2) is 11.6 Å². The molecule has 2 atom stereocenters. The summed E-state index contributed by atoms with van der Waals surface area (Å²) in [6.07, 6.45) is 53.3. The predicted molar refractivity (Wildman–Crippen MR) is 221 cm³/mol. The van der Waals surface area contributed by atoms with E-state index >= 15 is 0 Å². The van der Waals surface area contributed by atoms with Crippen LogP contribution in [-0.2, 0) is 9.59 Å². The Morgan fingerprint density at radius 2 is 0.827 bits per heavy atom. The zero-order valence-electron chi connectivity index (χ0n) is 32.9. The minimum absolute atomic E-state index is 0.00662. The SMILES string of the molecule is CCCCCC=CCC=CCC=CCC=CCCCCC(O)C(O)(CCCCC=CCC=CCC=CCC=CCCCCC)C1(O)C(=O)CCC1=O. The van der Waals surface area contributed by atoms with Gasteiger partial charge in [0.25, 0.3) is 0 Å². The Kier molecular flexibility index (Phi) is 28.7. The minimum atomic E-state index is -2.53. The van der Waals surface area contributed by atoms with E-state index in [0.29, 0.717) is 19.3 Å². The van der Waals surface area contributed by atoms with E-state index in [9.17, 15) is 24.9 Å². The van der Waals surface area contributed by atoms with Gasteiger partial charge in [0.2, 0.25) is 5.60 Å². The van der Waals surface area contributed by atoms with Crippen LogP contribution in [0.15, 0.2) is 97.2 Å². The standard InChI is InChI=1S/C47H74O5/c1-3-5-7-9-11-13-15-17-19-21-23-25-27-29-31-33-35-37-39-43(48)46(51,47(52)44(49)40-41-45(47)50)42-38-36-34-32-30-28-26-24-22-20-18-16-14-12-10-8-6-4-2/h11-14,17-20,23-26,29-32,43,48,51-52H,3-10,15-16,21-22,27-28,33-42H2,1-2H3. The molecule has 0 aliphatic heterocycles. The van der Waals surface area contributed by atoms with Crippen LogP contribution in [0, 0.1) is 0 Å². The first-order valence-electron chi connectivity index (χ1n) is 20.7. The molecule has 0 saturated heterocycles. The van der Waals surface area contributed by atoms with E-state index < -0.39 is 28.9 Å². The molecule has 0 aromatic heterocycles. The lowest BCUT2D eigenvalue weighted by molar-refractivity contribution is -0.203. The Hall–Kier alpha value is -2.86. The summed E-state index contributed by atoms with van der Waals surface area (Å²) in [7, 11) is 0. The molecule has 5 heteroatoms. The van der Waals surface area contributed by atoms with Crippen LogP contribution in [0.5, 0.6) is 0 Å². The Morgan fingerprint density at radius 1 is 0.519 bits per heavy atom. The average molecular weight is 719 g/mol. The third-order valence-corrected chi connectivity index (χ3v) is 9.76. The number of aliphatic hydroxyl groups excluding tert-OH is 1. The fraction of sp³-hybridized carbons (Fsp3) is 0.617. The predicted octanol–water partition coefficient (Wildman–Crippen LogP) is 11.8. The highest BCUT2D eigenvalue weighted by molar-refractivity contribution is 6.17. The molecule has 3 N–H and O–H groups in total. The van der Waals surface area contributed by atoms with Gasteiger partial charge in [-0.2, -0.15) is 0 Å². The number of aliphatic hydroxyl groups is 3. The zero-order valence-corrected chi connectivity index (χ0v) is 32.9. The molecule has 1 fully saturated rings. The Balaban J connectivity index is 2.37. The van der Waals surface area contributed by atoms with E-state index in [0.717, 1.165) is 57.8 Å². The van der Waals surface area contributed by atoms with Gasteiger partial charge in [-0.05, 0) is 103 Å². The molecule has 1 aliphatic rings. The summed E-state index contributed by atoms with van der Waals surface area (Å²) in [5.41, 5.74) is -4.71. The van der Waals surface area contributed by atoms with E-state index in [1.54, 1.807) is 0 Å². The first-order chi connectivity index (χ1) is 25.3. The van der Waals surface area contributed by atoms with E-state index in [4.69, 9.17) is 0 Å². The van der Waals surface area contributed by atoms with Gasteiger partial charge in [-0.25, -0.2) is 0 Å².